The van der Waals surface area contributed by atoms with Gasteiger partial charge in [-0.2, -0.15) is 0 Å². The molecule has 0 fully saturated rings. The van der Waals surface area contributed by atoms with Gasteiger partial charge in [0.15, 0.2) is 0 Å². The van der Waals surface area contributed by atoms with Gasteiger partial charge in [0.05, 0.1) is 0 Å². The molecule has 0 aliphatic heterocycles. The van der Waals surface area contributed by atoms with Crippen LogP contribution in [0.2, 0.25) is 0 Å². The molecule has 0 spiro atoms. The number of carbonyl (C=O) groups excluding carboxylic acids is 1. The molecule has 0 aromatic heterocycles. The molecule has 4 nitrogen and oxygen atoms in total. The first-order valence-corrected chi connectivity index (χ1v) is 3.40. The fraction of sp³-hybridized carbons (Fsp3) is 0.833. The third-order valence-corrected chi connectivity index (χ3v) is 0.949. The van der Waals surface area contributed by atoms with Crippen molar-refractivity contribution in [3.63, 3.8) is 0 Å². The number of primary amides is 1. The minimum absolute atomic E-state index is 0.0519. The van der Waals surface area contributed by atoms with Crippen LogP contribution in [0.25, 0.3) is 0 Å². The van der Waals surface area contributed by atoms with Crippen LogP contribution < -0.4 is 11.2 Å². The predicted octanol–water partition coefficient (Wildman–Crippen LogP) is -0.207. The van der Waals surface area contributed by atoms with E-state index >= 15 is 0 Å². The van der Waals surface area contributed by atoms with E-state index in [9.17, 15) is 4.79 Å². The SMILES string of the molecule is CCCCNOCC(N)=O. The van der Waals surface area contributed by atoms with E-state index in [2.05, 4.69) is 17.2 Å². The molecule has 0 atom stereocenters. The molecule has 10 heavy (non-hydrogen) atoms. The summed E-state index contributed by atoms with van der Waals surface area (Å²) in [6.07, 6.45) is 2.14. The van der Waals surface area contributed by atoms with Crippen LogP contribution in [0.4, 0.5) is 0 Å². The smallest absolute Gasteiger partial charge is 0.245 e. The summed E-state index contributed by atoms with van der Waals surface area (Å²) in [5.41, 5.74) is 7.42. The molecule has 0 unspecified atom stereocenters. The molecule has 3 N–H and O–H groups in total. The quantitative estimate of drug-likeness (QED) is 0.402. The maximum atomic E-state index is 10.1. The van der Waals surface area contributed by atoms with Gasteiger partial charge in [0.1, 0.15) is 6.61 Å². The van der Waals surface area contributed by atoms with E-state index in [1.165, 1.54) is 0 Å². The highest BCUT2D eigenvalue weighted by Crippen LogP contribution is 1.81. The van der Waals surface area contributed by atoms with Gasteiger partial charge < -0.3 is 5.73 Å². The average Bonchev–Trinajstić information content (AvgIpc) is 1.87. The Hall–Kier alpha value is -0.610. The minimum atomic E-state index is -0.455. The monoisotopic (exact) mass is 146 g/mol. The van der Waals surface area contributed by atoms with Crippen LogP contribution in [0.1, 0.15) is 19.8 Å². The number of unbranched alkanes of at least 4 members (excludes halogenated alkanes) is 1. The molecule has 0 saturated heterocycles. The van der Waals surface area contributed by atoms with Gasteiger partial charge in [0.25, 0.3) is 0 Å². The molecule has 0 bridgehead atoms. The molecule has 1 amide bonds. The Bertz CT molecular complexity index is 95.7. The predicted molar refractivity (Wildman–Crippen MR) is 38.1 cm³/mol. The standard InChI is InChI=1S/C6H14N2O2/c1-2-3-4-8-10-5-6(7)9/h8H,2-5H2,1H3,(H2,7,9). The van der Waals surface area contributed by atoms with E-state index in [0.717, 1.165) is 19.4 Å². The lowest BCUT2D eigenvalue weighted by molar-refractivity contribution is -0.125. The molecule has 0 aromatic rings. The van der Waals surface area contributed by atoms with E-state index in [4.69, 9.17) is 5.73 Å². The fourth-order valence-corrected chi connectivity index (χ4v) is 0.443. The lowest BCUT2D eigenvalue weighted by Gasteiger charge is -2.00. The molecule has 0 radical (unpaired) electrons. The van der Waals surface area contributed by atoms with Crippen LogP contribution in [0.5, 0.6) is 0 Å². The number of hydroxylamine groups is 1. The molecule has 0 aliphatic rings. The second kappa shape index (κ2) is 6.51. The first-order chi connectivity index (χ1) is 4.77. The first-order valence-electron chi connectivity index (χ1n) is 3.40. The lowest BCUT2D eigenvalue weighted by atomic mass is 10.3. The van der Waals surface area contributed by atoms with Crippen LogP contribution in [0.15, 0.2) is 0 Å². The fourth-order valence-electron chi connectivity index (χ4n) is 0.443. The maximum Gasteiger partial charge on any atom is 0.245 e. The van der Waals surface area contributed by atoms with Crippen LogP contribution in [0, 0.1) is 0 Å². The third kappa shape index (κ3) is 7.39. The topological polar surface area (TPSA) is 64.3 Å². The summed E-state index contributed by atoms with van der Waals surface area (Å²) in [6.45, 7) is 2.79. The highest BCUT2D eigenvalue weighted by molar-refractivity contribution is 5.74. The number of nitrogens with two attached hydrogens (primary N) is 1. The zero-order valence-corrected chi connectivity index (χ0v) is 6.22. The summed E-state index contributed by atoms with van der Waals surface area (Å²) in [6, 6.07) is 0. The van der Waals surface area contributed by atoms with Crippen molar-refractivity contribution >= 4 is 5.91 Å². The highest BCUT2D eigenvalue weighted by atomic mass is 16.6. The second-order valence-corrected chi connectivity index (χ2v) is 2.00. The normalized spacial score (nSPS) is 9.70. The Kier molecular flexibility index (Phi) is 6.11. The van der Waals surface area contributed by atoms with Crippen molar-refractivity contribution < 1.29 is 9.63 Å². The Morgan fingerprint density at radius 3 is 2.90 bits per heavy atom. The molecule has 0 aliphatic carbocycles. The zero-order valence-electron chi connectivity index (χ0n) is 6.22. The van der Waals surface area contributed by atoms with Gasteiger partial charge in [-0.3, -0.25) is 9.63 Å². The molecular weight excluding hydrogens is 132 g/mol. The summed E-state index contributed by atoms with van der Waals surface area (Å²) >= 11 is 0. The number of hydrogen-bond donors (Lipinski definition) is 2. The summed E-state index contributed by atoms with van der Waals surface area (Å²) in [7, 11) is 0. The average molecular weight is 146 g/mol. The first kappa shape index (κ1) is 9.39. The largest absolute Gasteiger partial charge is 0.368 e. The van der Waals surface area contributed by atoms with E-state index < -0.39 is 5.91 Å². The van der Waals surface area contributed by atoms with E-state index in [1.807, 2.05) is 0 Å². The van der Waals surface area contributed by atoms with Crippen molar-refractivity contribution in [2.75, 3.05) is 13.2 Å². The van der Waals surface area contributed by atoms with Crippen molar-refractivity contribution in [1.29, 1.82) is 0 Å². The summed E-state index contributed by atoms with van der Waals surface area (Å²) < 4.78 is 0. The molecule has 0 aromatic carbocycles. The van der Waals surface area contributed by atoms with Gasteiger partial charge in [-0.15, -0.1) is 0 Å². The number of amides is 1. The number of rotatable bonds is 6. The molecule has 0 saturated carbocycles. The van der Waals surface area contributed by atoms with Crippen LogP contribution in [-0.4, -0.2) is 19.1 Å². The Balaban J connectivity index is 2.84. The third-order valence-electron chi connectivity index (χ3n) is 0.949. The van der Waals surface area contributed by atoms with E-state index in [-0.39, 0.29) is 6.61 Å². The van der Waals surface area contributed by atoms with Crippen LogP contribution in [-0.2, 0) is 9.63 Å². The van der Waals surface area contributed by atoms with Crippen molar-refractivity contribution in [2.24, 2.45) is 5.73 Å². The van der Waals surface area contributed by atoms with E-state index in [1.54, 1.807) is 0 Å². The van der Waals surface area contributed by atoms with Gasteiger partial charge in [0.2, 0.25) is 5.91 Å². The molecule has 0 heterocycles. The maximum absolute atomic E-state index is 10.1. The summed E-state index contributed by atoms with van der Waals surface area (Å²) in [5, 5.41) is 0. The van der Waals surface area contributed by atoms with E-state index in [0.29, 0.717) is 0 Å². The number of nitrogens with one attached hydrogen (secondary N) is 1. The Morgan fingerprint density at radius 1 is 1.70 bits per heavy atom. The van der Waals surface area contributed by atoms with Crippen LogP contribution >= 0.6 is 0 Å². The minimum Gasteiger partial charge on any atom is -0.368 e. The molecular formula is C6H14N2O2. The second-order valence-electron chi connectivity index (χ2n) is 2.00. The molecule has 0 rings (SSSR count). The Morgan fingerprint density at radius 2 is 2.40 bits per heavy atom. The van der Waals surface area contributed by atoms with Crippen molar-refractivity contribution in [3.8, 4) is 0 Å². The molecule has 4 heteroatoms. The number of carbonyl (C=O) groups is 1. The van der Waals surface area contributed by atoms with Crippen LogP contribution in [0.3, 0.4) is 0 Å². The van der Waals surface area contributed by atoms with Gasteiger partial charge in [-0.1, -0.05) is 13.3 Å². The summed E-state index contributed by atoms with van der Waals surface area (Å²) in [5.74, 6) is -0.455. The van der Waals surface area contributed by atoms with Gasteiger partial charge in [-0.05, 0) is 6.42 Å². The van der Waals surface area contributed by atoms with Crippen molar-refractivity contribution in [3.05, 3.63) is 0 Å². The molecule has 60 valence electrons. The Labute approximate surface area is 60.7 Å². The highest BCUT2D eigenvalue weighted by Gasteiger charge is 1.91. The lowest BCUT2D eigenvalue weighted by Crippen LogP contribution is -2.25. The number of hydrogen-bond acceptors (Lipinski definition) is 3. The van der Waals surface area contributed by atoms with Gasteiger partial charge in [-0.25, -0.2) is 5.48 Å². The zero-order chi connectivity index (χ0) is 7.82. The van der Waals surface area contributed by atoms with Crippen molar-refractivity contribution in [1.82, 2.24) is 5.48 Å². The van der Waals surface area contributed by atoms with Gasteiger partial charge >= 0.3 is 0 Å². The van der Waals surface area contributed by atoms with Gasteiger partial charge in [0, 0.05) is 6.54 Å². The van der Waals surface area contributed by atoms with Crippen molar-refractivity contribution in [2.45, 2.75) is 19.8 Å². The summed E-state index contributed by atoms with van der Waals surface area (Å²) in [4.78, 5) is 14.8.